The summed E-state index contributed by atoms with van der Waals surface area (Å²) in [6.45, 7) is 3.82. The van der Waals surface area contributed by atoms with E-state index in [0.717, 1.165) is 18.2 Å². The van der Waals surface area contributed by atoms with E-state index in [1.165, 1.54) is 28.6 Å². The number of amides is 1. The lowest BCUT2D eigenvalue weighted by atomic mass is 10.2. The smallest absolute Gasteiger partial charge is 0.298 e. The number of benzene rings is 2. The number of hydrazine groups is 1. The zero-order valence-corrected chi connectivity index (χ0v) is 17.1. The molecule has 0 spiro atoms. The third-order valence-corrected chi connectivity index (χ3v) is 6.44. The zero-order valence-electron chi connectivity index (χ0n) is 15.5. The van der Waals surface area contributed by atoms with Crippen LogP contribution in [-0.4, -0.2) is 31.7 Å². The Morgan fingerprint density at radius 3 is 2.31 bits per heavy atom. The Kier molecular flexibility index (Phi) is 7.15. The first-order valence-corrected chi connectivity index (χ1v) is 10.4. The predicted molar refractivity (Wildman–Crippen MR) is 104 cm³/mol. The molecule has 0 aliphatic heterocycles. The molecule has 0 saturated carbocycles. The van der Waals surface area contributed by atoms with E-state index in [1.54, 1.807) is 13.8 Å². The Morgan fingerprint density at radius 2 is 1.72 bits per heavy atom. The Morgan fingerprint density at radius 1 is 1.10 bits per heavy atom. The van der Waals surface area contributed by atoms with Gasteiger partial charge in [0, 0.05) is 13.1 Å². The first-order chi connectivity index (χ1) is 13.5. The van der Waals surface area contributed by atoms with Crippen molar-refractivity contribution in [2.24, 2.45) is 0 Å². The number of anilines is 1. The molecule has 2 rings (SSSR count). The Balaban J connectivity index is 2.29. The van der Waals surface area contributed by atoms with Gasteiger partial charge in [-0.3, -0.25) is 15.6 Å². The van der Waals surface area contributed by atoms with Gasteiger partial charge in [-0.05, 0) is 30.3 Å². The number of sulfonamides is 1. The van der Waals surface area contributed by atoms with Crippen molar-refractivity contribution >= 4 is 33.2 Å². The molecule has 11 heteroatoms. The number of hydrogen-bond acceptors (Lipinski definition) is 4. The van der Waals surface area contributed by atoms with Crippen LogP contribution in [0.2, 0.25) is 5.02 Å². The molecule has 158 valence electrons. The van der Waals surface area contributed by atoms with Crippen LogP contribution in [0, 0.1) is 0 Å². The molecular formula is C18H19ClF3N3O3S. The molecule has 0 radical (unpaired) electrons. The predicted octanol–water partition coefficient (Wildman–Crippen LogP) is 4.15. The van der Waals surface area contributed by atoms with E-state index in [-0.39, 0.29) is 34.3 Å². The number of nitrogens with one attached hydrogen (secondary N) is 2. The van der Waals surface area contributed by atoms with Crippen molar-refractivity contribution in [3.8, 4) is 0 Å². The minimum atomic E-state index is -4.62. The van der Waals surface area contributed by atoms with Gasteiger partial charge >= 0.3 is 6.18 Å². The summed E-state index contributed by atoms with van der Waals surface area (Å²) in [6.07, 6.45) is -4.62. The quantitative estimate of drug-likeness (QED) is 0.622. The fourth-order valence-electron chi connectivity index (χ4n) is 2.58. The number of carbonyl (C=O) groups excluding carboxylic acids is 1. The second-order valence-electron chi connectivity index (χ2n) is 5.85. The van der Waals surface area contributed by atoms with Crippen LogP contribution in [0.4, 0.5) is 18.9 Å². The van der Waals surface area contributed by atoms with Gasteiger partial charge in [-0.1, -0.05) is 37.6 Å². The summed E-state index contributed by atoms with van der Waals surface area (Å²) in [4.78, 5) is 12.3. The Labute approximate surface area is 171 Å². The molecule has 0 aliphatic carbocycles. The summed E-state index contributed by atoms with van der Waals surface area (Å²) in [6, 6.07) is 8.19. The number of carbonyl (C=O) groups is 1. The van der Waals surface area contributed by atoms with E-state index >= 15 is 0 Å². The second-order valence-corrected chi connectivity index (χ2v) is 8.20. The van der Waals surface area contributed by atoms with Crippen molar-refractivity contribution < 1.29 is 26.4 Å². The van der Waals surface area contributed by atoms with E-state index < -0.39 is 27.7 Å². The van der Waals surface area contributed by atoms with Gasteiger partial charge < -0.3 is 0 Å². The van der Waals surface area contributed by atoms with Crippen LogP contribution < -0.4 is 10.9 Å². The van der Waals surface area contributed by atoms with E-state index in [1.807, 2.05) is 0 Å². The van der Waals surface area contributed by atoms with E-state index in [2.05, 4.69) is 10.9 Å². The number of rotatable bonds is 7. The van der Waals surface area contributed by atoms with E-state index in [0.29, 0.717) is 0 Å². The lowest BCUT2D eigenvalue weighted by molar-refractivity contribution is -0.137. The van der Waals surface area contributed by atoms with Crippen LogP contribution in [0.1, 0.15) is 29.8 Å². The van der Waals surface area contributed by atoms with Crippen LogP contribution in [0.5, 0.6) is 0 Å². The normalized spacial score (nSPS) is 12.1. The molecule has 0 bridgehead atoms. The summed E-state index contributed by atoms with van der Waals surface area (Å²) >= 11 is 6.00. The molecule has 2 aromatic carbocycles. The molecule has 0 saturated heterocycles. The minimum absolute atomic E-state index is 0.0492. The number of nitrogens with zero attached hydrogens (tertiary/aromatic N) is 1. The Hall–Kier alpha value is -2.30. The molecule has 0 fully saturated rings. The second kappa shape index (κ2) is 9.02. The molecule has 1 amide bonds. The first kappa shape index (κ1) is 23.0. The molecule has 29 heavy (non-hydrogen) atoms. The minimum Gasteiger partial charge on any atom is -0.298 e. The standard InChI is InChI=1S/C18H19ClF3N3O3S/c1-3-25(4-2)29(27,28)12-9-10-15(19)13(11-12)17(26)24-23-16-8-6-5-7-14(16)18(20,21)22/h5-11,23H,3-4H2,1-2H3,(H,24,26). The van der Waals surface area contributed by atoms with Crippen molar-refractivity contribution in [3.63, 3.8) is 0 Å². The average Bonchev–Trinajstić information content (AvgIpc) is 2.66. The highest BCUT2D eigenvalue weighted by Crippen LogP contribution is 2.34. The van der Waals surface area contributed by atoms with Crippen molar-refractivity contribution in [1.29, 1.82) is 0 Å². The molecule has 0 heterocycles. The lowest BCUT2D eigenvalue weighted by Gasteiger charge is -2.19. The highest BCUT2D eigenvalue weighted by atomic mass is 35.5. The van der Waals surface area contributed by atoms with Crippen molar-refractivity contribution in [2.45, 2.75) is 24.9 Å². The van der Waals surface area contributed by atoms with Gasteiger partial charge in [0.1, 0.15) is 0 Å². The molecule has 0 unspecified atom stereocenters. The van der Waals surface area contributed by atoms with Gasteiger partial charge in [0.15, 0.2) is 0 Å². The Bertz CT molecular complexity index is 993. The van der Waals surface area contributed by atoms with Crippen LogP contribution in [0.25, 0.3) is 0 Å². The molecular weight excluding hydrogens is 431 g/mol. The van der Waals surface area contributed by atoms with Gasteiger partial charge in [-0.2, -0.15) is 17.5 Å². The maximum Gasteiger partial charge on any atom is 0.418 e. The van der Waals surface area contributed by atoms with Crippen molar-refractivity contribution in [3.05, 3.63) is 58.6 Å². The number of alkyl halides is 3. The highest BCUT2D eigenvalue weighted by Gasteiger charge is 2.33. The largest absolute Gasteiger partial charge is 0.418 e. The summed E-state index contributed by atoms with van der Waals surface area (Å²) in [5, 5.41) is -0.0492. The third kappa shape index (κ3) is 5.20. The summed E-state index contributed by atoms with van der Waals surface area (Å²) in [7, 11) is -3.84. The summed E-state index contributed by atoms with van der Waals surface area (Å²) in [5.74, 6) is -0.886. The maximum absolute atomic E-state index is 13.0. The van der Waals surface area contributed by atoms with Crippen molar-refractivity contribution in [1.82, 2.24) is 9.73 Å². The third-order valence-electron chi connectivity index (χ3n) is 4.07. The summed E-state index contributed by atoms with van der Waals surface area (Å²) in [5.41, 5.74) is 2.80. The fraction of sp³-hybridized carbons (Fsp3) is 0.278. The lowest BCUT2D eigenvalue weighted by Crippen LogP contribution is -2.32. The van der Waals surface area contributed by atoms with Crippen LogP contribution in [0.3, 0.4) is 0 Å². The maximum atomic E-state index is 13.0. The number of halogens is 4. The first-order valence-electron chi connectivity index (χ1n) is 8.54. The fourth-order valence-corrected chi connectivity index (χ4v) is 4.27. The average molecular weight is 450 g/mol. The zero-order chi connectivity index (χ0) is 21.8. The van der Waals surface area contributed by atoms with Crippen LogP contribution in [-0.2, 0) is 16.2 Å². The number of hydrogen-bond donors (Lipinski definition) is 2. The van der Waals surface area contributed by atoms with Gasteiger partial charge in [0.25, 0.3) is 5.91 Å². The van der Waals surface area contributed by atoms with Crippen molar-refractivity contribution in [2.75, 3.05) is 18.5 Å². The van der Waals surface area contributed by atoms with Gasteiger partial charge in [0.05, 0.1) is 26.7 Å². The van der Waals surface area contributed by atoms with Gasteiger partial charge in [-0.25, -0.2) is 8.42 Å². The topological polar surface area (TPSA) is 78.5 Å². The van der Waals surface area contributed by atoms with Gasteiger partial charge in [-0.15, -0.1) is 0 Å². The molecule has 2 N–H and O–H groups in total. The van der Waals surface area contributed by atoms with E-state index in [9.17, 15) is 26.4 Å². The molecule has 0 aliphatic rings. The van der Waals surface area contributed by atoms with Gasteiger partial charge in [0.2, 0.25) is 10.0 Å². The highest BCUT2D eigenvalue weighted by molar-refractivity contribution is 7.89. The molecule has 0 atom stereocenters. The molecule has 2 aromatic rings. The monoisotopic (exact) mass is 449 g/mol. The molecule has 6 nitrogen and oxygen atoms in total. The van der Waals surface area contributed by atoms with Crippen LogP contribution in [0.15, 0.2) is 47.4 Å². The number of para-hydroxylation sites is 1. The molecule has 0 aromatic heterocycles. The van der Waals surface area contributed by atoms with E-state index in [4.69, 9.17) is 11.6 Å². The van der Waals surface area contributed by atoms with Crippen LogP contribution >= 0.6 is 11.6 Å². The SMILES string of the molecule is CCN(CC)S(=O)(=O)c1ccc(Cl)c(C(=O)NNc2ccccc2C(F)(F)F)c1. The summed E-state index contributed by atoms with van der Waals surface area (Å²) < 4.78 is 65.6.